The molecule has 4 nitrogen and oxygen atoms in total. The largest absolute Gasteiger partial charge is 0.501 e. The Morgan fingerprint density at radius 1 is 1.29 bits per heavy atom. The molecule has 0 fully saturated rings. The van der Waals surface area contributed by atoms with Gasteiger partial charge >= 0.3 is 5.56 Å². The molecule has 14 heavy (non-hydrogen) atoms. The van der Waals surface area contributed by atoms with E-state index in [9.17, 15) is 9.90 Å². The Labute approximate surface area is 80.4 Å². The average Bonchev–Trinajstić information content (AvgIpc) is 2.43. The van der Waals surface area contributed by atoms with Crippen LogP contribution < -0.4 is 5.56 Å². The van der Waals surface area contributed by atoms with Crippen LogP contribution in [-0.2, 0) is 7.05 Å². The van der Waals surface area contributed by atoms with Gasteiger partial charge in [0.05, 0.1) is 0 Å². The molecule has 0 atom stereocenters. The number of aryl methyl sites for hydroxylation is 1. The minimum Gasteiger partial charge on any atom is -0.501 e. The Kier molecular flexibility index (Phi) is 1.89. The summed E-state index contributed by atoms with van der Waals surface area (Å²) in [4.78, 5) is 11.1. The summed E-state index contributed by atoms with van der Waals surface area (Å²) >= 11 is 0. The van der Waals surface area contributed by atoms with E-state index in [1.54, 1.807) is 7.05 Å². The topological polar surface area (TPSA) is 58.0 Å². The molecule has 4 heteroatoms. The maximum atomic E-state index is 11.1. The Bertz CT molecular complexity index is 497. The molecular weight excluding hydrogens is 180 g/mol. The number of aromatic hydroxyl groups is 1. The fourth-order valence-corrected chi connectivity index (χ4v) is 1.45. The van der Waals surface area contributed by atoms with Gasteiger partial charge in [0.2, 0.25) is 5.75 Å². The highest BCUT2D eigenvalue weighted by Crippen LogP contribution is 2.24. The highest BCUT2D eigenvalue weighted by atomic mass is 16.3. The van der Waals surface area contributed by atoms with E-state index in [-0.39, 0.29) is 5.75 Å². The average molecular weight is 190 g/mol. The zero-order valence-electron chi connectivity index (χ0n) is 7.69. The van der Waals surface area contributed by atoms with Gasteiger partial charge in [0.25, 0.3) is 0 Å². The van der Waals surface area contributed by atoms with Crippen molar-refractivity contribution < 1.29 is 5.11 Å². The molecular formula is C10H10N2O2. The van der Waals surface area contributed by atoms with Crippen molar-refractivity contribution >= 4 is 0 Å². The van der Waals surface area contributed by atoms with E-state index in [1.165, 1.54) is 4.68 Å². The molecule has 0 saturated carbocycles. The highest BCUT2D eigenvalue weighted by Gasteiger charge is 2.12. The van der Waals surface area contributed by atoms with E-state index in [0.717, 1.165) is 5.56 Å². The molecule has 72 valence electrons. The van der Waals surface area contributed by atoms with Crippen molar-refractivity contribution in [3.63, 3.8) is 0 Å². The molecule has 1 aromatic carbocycles. The summed E-state index contributed by atoms with van der Waals surface area (Å²) in [7, 11) is 1.68. The van der Waals surface area contributed by atoms with Crippen LogP contribution in [0.4, 0.5) is 0 Å². The normalized spacial score (nSPS) is 10.4. The van der Waals surface area contributed by atoms with Crippen molar-refractivity contribution in [3.05, 3.63) is 40.7 Å². The lowest BCUT2D eigenvalue weighted by atomic mass is 10.1. The van der Waals surface area contributed by atoms with Crippen LogP contribution in [-0.4, -0.2) is 14.9 Å². The van der Waals surface area contributed by atoms with Crippen LogP contribution in [0.15, 0.2) is 35.1 Å². The number of hydrogen-bond acceptors (Lipinski definition) is 2. The third-order valence-corrected chi connectivity index (χ3v) is 2.09. The fraction of sp³-hybridized carbons (Fsp3) is 0.100. The summed E-state index contributed by atoms with van der Waals surface area (Å²) in [5.41, 5.74) is 0.854. The smallest absolute Gasteiger partial charge is 0.306 e. The van der Waals surface area contributed by atoms with Crippen LogP contribution in [0.1, 0.15) is 0 Å². The van der Waals surface area contributed by atoms with Crippen LogP contribution in [0.2, 0.25) is 0 Å². The monoisotopic (exact) mass is 190 g/mol. The Morgan fingerprint density at radius 2 is 1.93 bits per heavy atom. The van der Waals surface area contributed by atoms with Crippen molar-refractivity contribution in [2.24, 2.45) is 7.05 Å². The van der Waals surface area contributed by atoms with Crippen molar-refractivity contribution in [2.75, 3.05) is 0 Å². The molecule has 0 aliphatic heterocycles. The number of aromatic amines is 1. The van der Waals surface area contributed by atoms with Gasteiger partial charge < -0.3 is 5.11 Å². The molecule has 0 radical (unpaired) electrons. The van der Waals surface area contributed by atoms with Crippen LogP contribution >= 0.6 is 0 Å². The third kappa shape index (κ3) is 1.21. The molecule has 1 heterocycles. The van der Waals surface area contributed by atoms with E-state index in [4.69, 9.17) is 0 Å². The quantitative estimate of drug-likeness (QED) is 0.707. The second kappa shape index (κ2) is 3.06. The van der Waals surface area contributed by atoms with Gasteiger partial charge in [-0.3, -0.25) is 14.6 Å². The SMILES string of the molecule is Cn1[nH]c(=O)c(O)c1-c1ccccc1. The lowest BCUT2D eigenvalue weighted by Crippen LogP contribution is -2.01. The maximum Gasteiger partial charge on any atom is 0.306 e. The molecule has 0 saturated heterocycles. The predicted octanol–water partition coefficient (Wildman–Crippen LogP) is 1.09. The fourth-order valence-electron chi connectivity index (χ4n) is 1.45. The van der Waals surface area contributed by atoms with Crippen LogP contribution in [0.5, 0.6) is 5.75 Å². The zero-order valence-corrected chi connectivity index (χ0v) is 7.69. The minimum absolute atomic E-state index is 0.237. The lowest BCUT2D eigenvalue weighted by Gasteiger charge is -2.01. The minimum atomic E-state index is -0.466. The second-order valence-corrected chi connectivity index (χ2v) is 3.06. The van der Waals surface area contributed by atoms with Crippen molar-refractivity contribution in [3.8, 4) is 17.0 Å². The van der Waals surface area contributed by atoms with Gasteiger partial charge in [0, 0.05) is 12.6 Å². The third-order valence-electron chi connectivity index (χ3n) is 2.09. The molecule has 2 aromatic rings. The summed E-state index contributed by atoms with van der Waals surface area (Å²) in [6, 6.07) is 9.26. The second-order valence-electron chi connectivity index (χ2n) is 3.06. The van der Waals surface area contributed by atoms with E-state index in [2.05, 4.69) is 5.10 Å². The number of H-pyrrole nitrogens is 1. The molecule has 0 amide bonds. The van der Waals surface area contributed by atoms with Crippen LogP contribution in [0.25, 0.3) is 11.3 Å². The van der Waals surface area contributed by atoms with Gasteiger partial charge in [-0.25, -0.2) is 0 Å². The molecule has 0 unspecified atom stereocenters. The Hall–Kier alpha value is -1.97. The standard InChI is InChI=1S/C10H10N2O2/c1-12-8(9(13)10(14)11-12)7-5-3-2-4-6-7/h2-6,13H,1H3,(H,11,14). The molecule has 0 spiro atoms. The van der Waals surface area contributed by atoms with Gasteiger partial charge in [-0.2, -0.15) is 0 Å². The van der Waals surface area contributed by atoms with Crippen molar-refractivity contribution in [1.82, 2.24) is 9.78 Å². The Balaban J connectivity index is 2.69. The summed E-state index contributed by atoms with van der Waals surface area (Å²) < 4.78 is 1.51. The highest BCUT2D eigenvalue weighted by molar-refractivity contribution is 5.65. The Morgan fingerprint density at radius 3 is 2.43 bits per heavy atom. The molecule has 0 bridgehead atoms. The number of aromatic nitrogens is 2. The van der Waals surface area contributed by atoms with Crippen LogP contribution in [0.3, 0.4) is 0 Å². The van der Waals surface area contributed by atoms with Gasteiger partial charge in [0.15, 0.2) is 0 Å². The van der Waals surface area contributed by atoms with Crippen LogP contribution in [0, 0.1) is 0 Å². The summed E-state index contributed by atoms with van der Waals surface area (Å²) in [6.07, 6.45) is 0. The number of benzene rings is 1. The molecule has 0 aliphatic rings. The van der Waals surface area contributed by atoms with E-state index in [1.807, 2.05) is 30.3 Å². The first kappa shape index (κ1) is 8.62. The zero-order chi connectivity index (χ0) is 10.1. The summed E-state index contributed by atoms with van der Waals surface area (Å²) in [5.74, 6) is -0.237. The predicted molar refractivity (Wildman–Crippen MR) is 53.1 cm³/mol. The van der Waals surface area contributed by atoms with Crippen molar-refractivity contribution in [1.29, 1.82) is 0 Å². The van der Waals surface area contributed by atoms with Gasteiger partial charge in [0.1, 0.15) is 5.69 Å². The summed E-state index contributed by atoms with van der Waals surface area (Å²) in [5, 5.41) is 12.0. The number of hydrogen-bond donors (Lipinski definition) is 2. The van der Waals surface area contributed by atoms with Gasteiger partial charge in [-0.15, -0.1) is 0 Å². The molecule has 2 rings (SSSR count). The van der Waals surface area contributed by atoms with Crippen molar-refractivity contribution in [2.45, 2.75) is 0 Å². The number of rotatable bonds is 1. The van der Waals surface area contributed by atoms with E-state index < -0.39 is 5.56 Å². The molecule has 2 N–H and O–H groups in total. The first-order valence-electron chi connectivity index (χ1n) is 4.23. The lowest BCUT2D eigenvalue weighted by molar-refractivity contribution is 0.472. The molecule has 1 aromatic heterocycles. The molecule has 0 aliphatic carbocycles. The first-order valence-corrected chi connectivity index (χ1v) is 4.23. The summed E-state index contributed by atoms with van der Waals surface area (Å²) in [6.45, 7) is 0. The van der Waals surface area contributed by atoms with Gasteiger partial charge in [-0.1, -0.05) is 30.3 Å². The first-order chi connectivity index (χ1) is 6.70. The van der Waals surface area contributed by atoms with E-state index in [0.29, 0.717) is 5.69 Å². The number of nitrogens with zero attached hydrogens (tertiary/aromatic N) is 1. The maximum absolute atomic E-state index is 11.1. The van der Waals surface area contributed by atoms with E-state index >= 15 is 0 Å². The number of nitrogens with one attached hydrogen (secondary N) is 1. The van der Waals surface area contributed by atoms with Gasteiger partial charge in [-0.05, 0) is 0 Å².